The molecule has 1 aromatic rings. The number of hydrogen-bond donors (Lipinski definition) is 0. The number of hydrogen-bond acceptors (Lipinski definition) is 5. The molecule has 5 heteroatoms. The number of morpholine rings is 2. The molecular formula is C15H23N3O2. The van der Waals surface area contributed by atoms with Gasteiger partial charge in [-0.05, 0) is 18.1 Å². The van der Waals surface area contributed by atoms with Crippen LogP contribution < -0.4 is 9.80 Å². The Balaban J connectivity index is 1.85. The van der Waals surface area contributed by atoms with Gasteiger partial charge in [0.05, 0.1) is 26.4 Å². The van der Waals surface area contributed by atoms with Crippen molar-refractivity contribution in [2.24, 2.45) is 0 Å². The van der Waals surface area contributed by atoms with Gasteiger partial charge in [0.25, 0.3) is 0 Å². The molecule has 0 spiro atoms. The molecule has 0 N–H and O–H groups in total. The summed E-state index contributed by atoms with van der Waals surface area (Å²) in [6, 6.07) is 4.37. The molecule has 0 aliphatic carbocycles. The highest BCUT2D eigenvalue weighted by Gasteiger charge is 2.19. The van der Waals surface area contributed by atoms with Crippen LogP contribution in [0.3, 0.4) is 0 Å². The van der Waals surface area contributed by atoms with Crippen LogP contribution in [0.15, 0.2) is 12.1 Å². The Labute approximate surface area is 120 Å². The molecule has 2 fully saturated rings. The van der Waals surface area contributed by atoms with Crippen LogP contribution in [0.5, 0.6) is 0 Å². The van der Waals surface area contributed by atoms with E-state index >= 15 is 0 Å². The zero-order valence-corrected chi connectivity index (χ0v) is 12.2. The SMILES string of the molecule is CCc1ccc(N2CCOCC2)nc1N1CCOCC1. The Morgan fingerprint density at radius 2 is 1.55 bits per heavy atom. The zero-order valence-electron chi connectivity index (χ0n) is 12.2. The summed E-state index contributed by atoms with van der Waals surface area (Å²) in [6.07, 6.45) is 1.02. The molecule has 0 bridgehead atoms. The van der Waals surface area contributed by atoms with Gasteiger partial charge in [0.15, 0.2) is 0 Å². The maximum absolute atomic E-state index is 5.44. The third kappa shape index (κ3) is 2.88. The number of pyridine rings is 1. The molecule has 2 aliphatic rings. The second kappa shape index (κ2) is 6.41. The first-order valence-corrected chi connectivity index (χ1v) is 7.54. The molecule has 0 atom stereocenters. The van der Waals surface area contributed by atoms with Crippen LogP contribution in [0.1, 0.15) is 12.5 Å². The van der Waals surface area contributed by atoms with E-state index in [1.54, 1.807) is 0 Å². The minimum absolute atomic E-state index is 0.796. The highest BCUT2D eigenvalue weighted by molar-refractivity contribution is 5.54. The highest BCUT2D eigenvalue weighted by atomic mass is 16.5. The predicted octanol–water partition coefficient (Wildman–Crippen LogP) is 1.32. The monoisotopic (exact) mass is 277 g/mol. The smallest absolute Gasteiger partial charge is 0.134 e. The van der Waals surface area contributed by atoms with Gasteiger partial charge in [0.1, 0.15) is 11.6 Å². The number of anilines is 2. The topological polar surface area (TPSA) is 37.8 Å². The van der Waals surface area contributed by atoms with Crippen LogP contribution >= 0.6 is 0 Å². The van der Waals surface area contributed by atoms with Crippen molar-refractivity contribution in [2.75, 3.05) is 62.4 Å². The lowest BCUT2D eigenvalue weighted by Crippen LogP contribution is -2.39. The van der Waals surface area contributed by atoms with Gasteiger partial charge in [0, 0.05) is 26.2 Å². The molecule has 0 radical (unpaired) electrons. The number of ether oxygens (including phenoxy) is 2. The first kappa shape index (κ1) is 13.6. The lowest BCUT2D eigenvalue weighted by Gasteiger charge is -2.32. The number of aromatic nitrogens is 1. The van der Waals surface area contributed by atoms with E-state index in [0.717, 1.165) is 70.7 Å². The Morgan fingerprint density at radius 1 is 0.950 bits per heavy atom. The fraction of sp³-hybridized carbons (Fsp3) is 0.667. The largest absolute Gasteiger partial charge is 0.378 e. The molecule has 2 aliphatic heterocycles. The van der Waals surface area contributed by atoms with Crippen molar-refractivity contribution in [3.63, 3.8) is 0 Å². The van der Waals surface area contributed by atoms with Gasteiger partial charge in [-0.1, -0.05) is 13.0 Å². The summed E-state index contributed by atoms with van der Waals surface area (Å²) in [7, 11) is 0. The third-order valence-corrected chi connectivity index (χ3v) is 3.97. The van der Waals surface area contributed by atoms with Gasteiger partial charge in [0.2, 0.25) is 0 Å². The van der Waals surface area contributed by atoms with E-state index in [1.807, 2.05) is 0 Å². The van der Waals surface area contributed by atoms with Crippen LogP contribution in [-0.4, -0.2) is 57.6 Å². The summed E-state index contributed by atoms with van der Waals surface area (Å²) < 4.78 is 10.9. The second-order valence-corrected chi connectivity index (χ2v) is 5.20. The average molecular weight is 277 g/mol. The van der Waals surface area contributed by atoms with E-state index in [4.69, 9.17) is 14.5 Å². The van der Waals surface area contributed by atoms with Crippen molar-refractivity contribution in [3.8, 4) is 0 Å². The summed E-state index contributed by atoms with van der Waals surface area (Å²) in [5, 5.41) is 0. The molecule has 0 amide bonds. The van der Waals surface area contributed by atoms with E-state index < -0.39 is 0 Å². The number of aryl methyl sites for hydroxylation is 1. The van der Waals surface area contributed by atoms with Gasteiger partial charge in [-0.15, -0.1) is 0 Å². The third-order valence-electron chi connectivity index (χ3n) is 3.97. The van der Waals surface area contributed by atoms with Crippen molar-refractivity contribution in [2.45, 2.75) is 13.3 Å². The average Bonchev–Trinajstić information content (AvgIpc) is 2.56. The molecule has 2 saturated heterocycles. The fourth-order valence-corrected chi connectivity index (χ4v) is 2.76. The molecule has 0 unspecified atom stereocenters. The second-order valence-electron chi connectivity index (χ2n) is 5.20. The lowest BCUT2D eigenvalue weighted by atomic mass is 10.2. The normalized spacial score (nSPS) is 20.2. The fourth-order valence-electron chi connectivity index (χ4n) is 2.76. The number of rotatable bonds is 3. The van der Waals surface area contributed by atoms with Gasteiger partial charge in [-0.2, -0.15) is 0 Å². The van der Waals surface area contributed by atoms with Crippen LogP contribution in [-0.2, 0) is 15.9 Å². The molecule has 3 heterocycles. The summed E-state index contributed by atoms with van der Waals surface area (Å²) in [4.78, 5) is 9.60. The Bertz CT molecular complexity index is 441. The van der Waals surface area contributed by atoms with Gasteiger partial charge >= 0.3 is 0 Å². The summed E-state index contributed by atoms with van der Waals surface area (Å²) in [5.74, 6) is 2.21. The van der Waals surface area contributed by atoms with E-state index in [1.165, 1.54) is 5.56 Å². The lowest BCUT2D eigenvalue weighted by molar-refractivity contribution is 0.121. The molecule has 20 heavy (non-hydrogen) atoms. The minimum atomic E-state index is 0.796. The van der Waals surface area contributed by atoms with E-state index in [9.17, 15) is 0 Å². The van der Waals surface area contributed by atoms with Crippen LogP contribution in [0.4, 0.5) is 11.6 Å². The Hall–Kier alpha value is -1.33. The van der Waals surface area contributed by atoms with E-state index in [0.29, 0.717) is 0 Å². The van der Waals surface area contributed by atoms with E-state index in [2.05, 4.69) is 28.9 Å². The highest BCUT2D eigenvalue weighted by Crippen LogP contribution is 2.24. The van der Waals surface area contributed by atoms with Crippen molar-refractivity contribution >= 4 is 11.6 Å². The van der Waals surface area contributed by atoms with Crippen LogP contribution in [0.2, 0.25) is 0 Å². The minimum Gasteiger partial charge on any atom is -0.378 e. The maximum atomic E-state index is 5.44. The van der Waals surface area contributed by atoms with Gasteiger partial charge < -0.3 is 19.3 Å². The first-order chi connectivity index (χ1) is 9.88. The molecule has 0 aromatic carbocycles. The van der Waals surface area contributed by atoms with Gasteiger partial charge in [-0.3, -0.25) is 0 Å². The molecule has 5 nitrogen and oxygen atoms in total. The standard InChI is InChI=1S/C15H23N3O2/c1-2-13-3-4-14(17-5-9-19-10-6-17)16-15(13)18-7-11-20-12-8-18/h3-4H,2,5-12H2,1H3. The molecule has 0 saturated carbocycles. The summed E-state index contributed by atoms with van der Waals surface area (Å²) in [5.41, 5.74) is 1.32. The maximum Gasteiger partial charge on any atom is 0.134 e. The quantitative estimate of drug-likeness (QED) is 0.833. The first-order valence-electron chi connectivity index (χ1n) is 7.54. The zero-order chi connectivity index (χ0) is 13.8. The molecule has 1 aromatic heterocycles. The summed E-state index contributed by atoms with van der Waals surface area (Å²) in [6.45, 7) is 9.12. The van der Waals surface area contributed by atoms with Gasteiger partial charge in [-0.25, -0.2) is 4.98 Å². The number of nitrogens with zero attached hydrogens (tertiary/aromatic N) is 3. The van der Waals surface area contributed by atoms with Crippen molar-refractivity contribution in [1.82, 2.24) is 4.98 Å². The van der Waals surface area contributed by atoms with Crippen molar-refractivity contribution < 1.29 is 9.47 Å². The summed E-state index contributed by atoms with van der Waals surface area (Å²) >= 11 is 0. The van der Waals surface area contributed by atoms with E-state index in [-0.39, 0.29) is 0 Å². The molecule has 110 valence electrons. The van der Waals surface area contributed by atoms with Crippen LogP contribution in [0.25, 0.3) is 0 Å². The molecule has 3 rings (SSSR count). The molecular weight excluding hydrogens is 254 g/mol. The van der Waals surface area contributed by atoms with Crippen molar-refractivity contribution in [1.29, 1.82) is 0 Å². The predicted molar refractivity (Wildman–Crippen MR) is 79.7 cm³/mol. The van der Waals surface area contributed by atoms with Crippen LogP contribution in [0, 0.1) is 0 Å². The Morgan fingerprint density at radius 3 is 2.15 bits per heavy atom. The van der Waals surface area contributed by atoms with Crippen molar-refractivity contribution in [3.05, 3.63) is 17.7 Å². The Kier molecular flexibility index (Phi) is 4.38.